The molecule has 1 N–H and O–H groups in total. The Balaban J connectivity index is 1.99. The zero-order chi connectivity index (χ0) is 9.80. The van der Waals surface area contributed by atoms with Gasteiger partial charge in [-0.1, -0.05) is 0 Å². The monoisotopic (exact) mass is 190 g/mol. The van der Waals surface area contributed by atoms with E-state index in [0.29, 0.717) is 6.54 Å². The average Bonchev–Trinajstić information content (AvgIpc) is 2.63. The van der Waals surface area contributed by atoms with Crippen LogP contribution in [0.2, 0.25) is 0 Å². The number of rotatable bonds is 3. The predicted molar refractivity (Wildman–Crippen MR) is 50.4 cm³/mol. The third-order valence-electron chi connectivity index (χ3n) is 1.81. The normalized spacial score (nSPS) is 10.1. The molecule has 2 aromatic rings. The van der Waals surface area contributed by atoms with E-state index in [9.17, 15) is 0 Å². The van der Waals surface area contributed by atoms with Gasteiger partial charge in [0, 0.05) is 13.2 Å². The fourth-order valence-electron chi connectivity index (χ4n) is 1.03. The van der Waals surface area contributed by atoms with Crippen molar-refractivity contribution in [1.82, 2.24) is 25.0 Å². The van der Waals surface area contributed by atoms with Crippen LogP contribution in [0.5, 0.6) is 0 Å². The molecule has 0 aliphatic rings. The van der Waals surface area contributed by atoms with Crippen LogP contribution in [0.25, 0.3) is 0 Å². The molecule has 0 atom stereocenters. The first kappa shape index (κ1) is 8.61. The van der Waals surface area contributed by atoms with Crippen molar-refractivity contribution in [3.05, 3.63) is 30.5 Å². The Kier molecular flexibility index (Phi) is 2.35. The lowest BCUT2D eigenvalue weighted by Gasteiger charge is -2.02. The second-order valence-corrected chi connectivity index (χ2v) is 2.82. The number of hydrogen-bond donors (Lipinski definition) is 1. The zero-order valence-corrected chi connectivity index (χ0v) is 7.75. The molecule has 0 radical (unpaired) electrons. The van der Waals surface area contributed by atoms with Gasteiger partial charge in [-0.15, -0.1) is 15.3 Å². The van der Waals surface area contributed by atoms with Gasteiger partial charge in [0.15, 0.2) is 5.82 Å². The molecule has 0 saturated heterocycles. The fraction of sp³-hybridized carbons (Fsp3) is 0.250. The van der Waals surface area contributed by atoms with E-state index in [1.807, 2.05) is 23.7 Å². The molecular weight excluding hydrogens is 180 g/mol. The maximum atomic E-state index is 3.93. The van der Waals surface area contributed by atoms with Gasteiger partial charge in [-0.05, 0) is 12.1 Å². The quantitative estimate of drug-likeness (QED) is 0.749. The van der Waals surface area contributed by atoms with Crippen molar-refractivity contribution < 1.29 is 0 Å². The molecule has 0 aliphatic heterocycles. The molecular formula is C8H10N6. The Morgan fingerprint density at radius 3 is 2.93 bits per heavy atom. The first-order chi connectivity index (χ1) is 6.86. The summed E-state index contributed by atoms with van der Waals surface area (Å²) in [5.74, 6) is 1.59. The minimum absolute atomic E-state index is 0.592. The Morgan fingerprint density at radius 2 is 2.29 bits per heavy atom. The highest BCUT2D eigenvalue weighted by Crippen LogP contribution is 2.00. The van der Waals surface area contributed by atoms with Gasteiger partial charge >= 0.3 is 0 Å². The average molecular weight is 190 g/mol. The molecule has 0 aromatic carbocycles. The van der Waals surface area contributed by atoms with Gasteiger partial charge < -0.3 is 9.88 Å². The van der Waals surface area contributed by atoms with Gasteiger partial charge in [-0.3, -0.25) is 0 Å². The first-order valence-corrected chi connectivity index (χ1v) is 4.21. The van der Waals surface area contributed by atoms with E-state index in [4.69, 9.17) is 0 Å². The summed E-state index contributed by atoms with van der Waals surface area (Å²) < 4.78 is 1.85. The summed E-state index contributed by atoms with van der Waals surface area (Å²) in [5.41, 5.74) is 0. The third-order valence-corrected chi connectivity index (χ3v) is 1.81. The number of aryl methyl sites for hydroxylation is 1. The van der Waals surface area contributed by atoms with Crippen LogP contribution in [0.4, 0.5) is 5.82 Å². The highest BCUT2D eigenvalue weighted by molar-refractivity contribution is 5.31. The smallest absolute Gasteiger partial charge is 0.151 e. The highest BCUT2D eigenvalue weighted by Gasteiger charge is 1.99. The maximum Gasteiger partial charge on any atom is 0.151 e. The molecule has 6 heteroatoms. The van der Waals surface area contributed by atoms with Gasteiger partial charge in [-0.2, -0.15) is 5.10 Å². The topological polar surface area (TPSA) is 68.5 Å². The van der Waals surface area contributed by atoms with Crippen LogP contribution in [0.15, 0.2) is 24.7 Å². The molecule has 6 nitrogen and oxygen atoms in total. The Morgan fingerprint density at radius 1 is 1.36 bits per heavy atom. The van der Waals surface area contributed by atoms with E-state index >= 15 is 0 Å². The predicted octanol–water partition coefficient (Wildman–Crippen LogP) is 0.217. The molecule has 0 aliphatic carbocycles. The lowest BCUT2D eigenvalue weighted by Crippen LogP contribution is -2.06. The largest absolute Gasteiger partial charge is 0.361 e. The molecule has 2 heterocycles. The molecule has 2 rings (SSSR count). The zero-order valence-electron chi connectivity index (χ0n) is 7.75. The van der Waals surface area contributed by atoms with Crippen LogP contribution in [-0.2, 0) is 13.6 Å². The maximum absolute atomic E-state index is 3.93. The van der Waals surface area contributed by atoms with Gasteiger partial charge in [-0.25, -0.2) is 0 Å². The molecule has 0 spiro atoms. The summed E-state index contributed by atoms with van der Waals surface area (Å²) in [6.07, 6.45) is 3.29. The van der Waals surface area contributed by atoms with E-state index in [2.05, 4.69) is 25.7 Å². The lowest BCUT2D eigenvalue weighted by atomic mass is 10.5. The minimum atomic E-state index is 0.592. The van der Waals surface area contributed by atoms with Crippen molar-refractivity contribution in [2.75, 3.05) is 5.32 Å². The molecule has 2 aromatic heterocycles. The number of aromatic nitrogens is 5. The minimum Gasteiger partial charge on any atom is -0.361 e. The van der Waals surface area contributed by atoms with Gasteiger partial charge in [0.1, 0.15) is 12.1 Å². The molecule has 0 amide bonds. The van der Waals surface area contributed by atoms with Crippen molar-refractivity contribution in [2.45, 2.75) is 6.54 Å². The van der Waals surface area contributed by atoms with Gasteiger partial charge in [0.2, 0.25) is 0 Å². The van der Waals surface area contributed by atoms with Crippen LogP contribution in [-0.4, -0.2) is 25.0 Å². The SMILES string of the molecule is Cn1cnnc1CNc1cccnn1. The van der Waals surface area contributed by atoms with Crippen LogP contribution in [0.1, 0.15) is 5.82 Å². The van der Waals surface area contributed by atoms with E-state index < -0.39 is 0 Å². The molecule has 0 saturated carbocycles. The van der Waals surface area contributed by atoms with Crippen molar-refractivity contribution in [3.8, 4) is 0 Å². The molecule has 0 bridgehead atoms. The van der Waals surface area contributed by atoms with Gasteiger partial charge in [0.25, 0.3) is 0 Å². The summed E-state index contributed by atoms with van der Waals surface area (Å²) in [6, 6.07) is 3.68. The van der Waals surface area contributed by atoms with Gasteiger partial charge in [0.05, 0.1) is 6.54 Å². The second kappa shape index (κ2) is 3.82. The Labute approximate surface area is 81.0 Å². The lowest BCUT2D eigenvalue weighted by molar-refractivity contribution is 0.808. The fourth-order valence-corrected chi connectivity index (χ4v) is 1.03. The van der Waals surface area contributed by atoms with E-state index in [1.165, 1.54) is 0 Å². The molecule has 14 heavy (non-hydrogen) atoms. The highest BCUT2D eigenvalue weighted by atomic mass is 15.3. The number of anilines is 1. The summed E-state index contributed by atoms with van der Waals surface area (Å²) in [5, 5.41) is 18.4. The van der Waals surface area contributed by atoms with Crippen LogP contribution in [0, 0.1) is 0 Å². The summed E-state index contributed by atoms with van der Waals surface area (Å²) >= 11 is 0. The van der Waals surface area contributed by atoms with E-state index in [1.54, 1.807) is 12.5 Å². The first-order valence-electron chi connectivity index (χ1n) is 4.21. The van der Waals surface area contributed by atoms with Crippen molar-refractivity contribution >= 4 is 5.82 Å². The summed E-state index contributed by atoms with van der Waals surface area (Å²) in [4.78, 5) is 0. The van der Waals surface area contributed by atoms with Crippen LogP contribution < -0.4 is 5.32 Å². The van der Waals surface area contributed by atoms with Crippen molar-refractivity contribution in [3.63, 3.8) is 0 Å². The van der Waals surface area contributed by atoms with Crippen molar-refractivity contribution in [2.24, 2.45) is 7.05 Å². The summed E-state index contributed by atoms with van der Waals surface area (Å²) in [6.45, 7) is 0.592. The number of nitrogens with zero attached hydrogens (tertiary/aromatic N) is 5. The standard InChI is InChI=1S/C8H10N6/c1-14-6-11-13-8(14)5-9-7-3-2-4-10-12-7/h2-4,6H,5H2,1H3,(H,9,12). The van der Waals surface area contributed by atoms with Crippen LogP contribution >= 0.6 is 0 Å². The molecule has 72 valence electrons. The van der Waals surface area contributed by atoms with Crippen LogP contribution in [0.3, 0.4) is 0 Å². The molecule has 0 unspecified atom stereocenters. The van der Waals surface area contributed by atoms with E-state index in [0.717, 1.165) is 11.6 Å². The summed E-state index contributed by atoms with van der Waals surface area (Å²) in [7, 11) is 1.90. The third kappa shape index (κ3) is 1.85. The van der Waals surface area contributed by atoms with E-state index in [-0.39, 0.29) is 0 Å². The van der Waals surface area contributed by atoms with Crippen molar-refractivity contribution in [1.29, 1.82) is 0 Å². The second-order valence-electron chi connectivity index (χ2n) is 2.82. The number of hydrogen-bond acceptors (Lipinski definition) is 5. The Bertz CT molecular complexity index is 395. The molecule has 0 fully saturated rings. The number of nitrogens with one attached hydrogen (secondary N) is 1. The Hall–Kier alpha value is -1.98.